The lowest BCUT2D eigenvalue weighted by molar-refractivity contribution is 0.103. The van der Waals surface area contributed by atoms with E-state index in [-0.39, 0.29) is 22.9 Å². The third-order valence-corrected chi connectivity index (χ3v) is 3.88. The van der Waals surface area contributed by atoms with Gasteiger partial charge in [0, 0.05) is 5.56 Å². The van der Waals surface area contributed by atoms with Crippen LogP contribution in [0.25, 0.3) is 5.69 Å². The minimum absolute atomic E-state index is 0.0229. The van der Waals surface area contributed by atoms with Gasteiger partial charge in [-0.2, -0.15) is 10.4 Å². The molecule has 0 saturated carbocycles. The van der Waals surface area contributed by atoms with E-state index in [1.807, 2.05) is 31.2 Å². The van der Waals surface area contributed by atoms with E-state index >= 15 is 0 Å². The topological polar surface area (TPSA) is 93.9 Å². The van der Waals surface area contributed by atoms with Gasteiger partial charge >= 0.3 is 0 Å². The Balaban J connectivity index is 2.15. The molecule has 0 amide bonds. The molecule has 0 aliphatic carbocycles. The van der Waals surface area contributed by atoms with Crippen LogP contribution in [0.4, 0.5) is 5.82 Å². The summed E-state index contributed by atoms with van der Waals surface area (Å²) in [7, 11) is 1.53. The van der Waals surface area contributed by atoms with E-state index in [4.69, 9.17) is 10.5 Å². The number of benzene rings is 2. The van der Waals surface area contributed by atoms with E-state index in [1.54, 1.807) is 30.3 Å². The van der Waals surface area contributed by atoms with Crippen LogP contribution < -0.4 is 10.5 Å². The third kappa shape index (κ3) is 2.83. The van der Waals surface area contributed by atoms with Gasteiger partial charge in [-0.1, -0.05) is 42.0 Å². The SMILES string of the molecule is COc1ccccc1-n1nc(C(=O)c2ccc(C)cc2)c(C#N)c1N. The van der Waals surface area contributed by atoms with Crippen LogP contribution in [0.2, 0.25) is 0 Å². The lowest BCUT2D eigenvalue weighted by Crippen LogP contribution is -2.06. The number of carbonyl (C=O) groups is 1. The summed E-state index contributed by atoms with van der Waals surface area (Å²) in [6.07, 6.45) is 0. The van der Waals surface area contributed by atoms with Crippen LogP contribution in [-0.2, 0) is 0 Å². The largest absolute Gasteiger partial charge is 0.494 e. The highest BCUT2D eigenvalue weighted by atomic mass is 16.5. The maximum Gasteiger partial charge on any atom is 0.214 e. The summed E-state index contributed by atoms with van der Waals surface area (Å²) in [5.41, 5.74) is 8.20. The first-order chi connectivity index (χ1) is 12.1. The molecule has 0 radical (unpaired) electrons. The Labute approximate surface area is 145 Å². The van der Waals surface area contributed by atoms with Crippen molar-refractivity contribution in [2.75, 3.05) is 12.8 Å². The number of carbonyl (C=O) groups excluding carboxylic acids is 1. The van der Waals surface area contributed by atoms with Crippen molar-refractivity contribution >= 4 is 11.6 Å². The molecule has 25 heavy (non-hydrogen) atoms. The molecule has 124 valence electrons. The number of aromatic nitrogens is 2. The predicted molar refractivity (Wildman–Crippen MR) is 93.9 cm³/mol. The van der Waals surface area contributed by atoms with Crippen molar-refractivity contribution in [3.63, 3.8) is 0 Å². The minimum Gasteiger partial charge on any atom is -0.494 e. The predicted octanol–water partition coefficient (Wildman–Crippen LogP) is 2.87. The van der Waals surface area contributed by atoms with E-state index in [0.717, 1.165) is 5.56 Å². The fraction of sp³-hybridized carbons (Fsp3) is 0.105. The van der Waals surface area contributed by atoms with Crippen LogP contribution >= 0.6 is 0 Å². The number of nitrogens with two attached hydrogens (primary N) is 1. The van der Waals surface area contributed by atoms with E-state index in [1.165, 1.54) is 11.8 Å². The van der Waals surface area contributed by atoms with Crippen LogP contribution in [0.15, 0.2) is 48.5 Å². The number of nitriles is 1. The van der Waals surface area contributed by atoms with Gasteiger partial charge in [-0.05, 0) is 19.1 Å². The summed E-state index contributed by atoms with van der Waals surface area (Å²) in [5, 5.41) is 13.8. The molecular weight excluding hydrogens is 316 g/mol. The lowest BCUT2D eigenvalue weighted by Gasteiger charge is -2.09. The molecular formula is C19H16N4O2. The molecule has 0 saturated heterocycles. The van der Waals surface area contributed by atoms with Crippen molar-refractivity contribution in [1.29, 1.82) is 5.26 Å². The zero-order valence-electron chi connectivity index (χ0n) is 13.9. The minimum atomic E-state index is -0.350. The highest BCUT2D eigenvalue weighted by Gasteiger charge is 2.24. The first-order valence-corrected chi connectivity index (χ1v) is 7.60. The second kappa shape index (κ2) is 6.49. The van der Waals surface area contributed by atoms with Gasteiger partial charge in [0.2, 0.25) is 5.78 Å². The number of para-hydroxylation sites is 2. The van der Waals surface area contributed by atoms with Crippen LogP contribution in [-0.4, -0.2) is 22.7 Å². The Morgan fingerprint density at radius 3 is 2.52 bits per heavy atom. The monoisotopic (exact) mass is 332 g/mol. The summed E-state index contributed by atoms with van der Waals surface area (Å²) in [5.74, 6) is 0.287. The molecule has 0 unspecified atom stereocenters. The fourth-order valence-corrected chi connectivity index (χ4v) is 2.53. The quantitative estimate of drug-likeness (QED) is 0.741. The Kier molecular flexibility index (Phi) is 4.23. The van der Waals surface area contributed by atoms with Gasteiger partial charge in [0.05, 0.1) is 7.11 Å². The molecule has 0 bridgehead atoms. The van der Waals surface area contributed by atoms with Crippen molar-refractivity contribution in [3.8, 4) is 17.5 Å². The van der Waals surface area contributed by atoms with E-state index in [2.05, 4.69) is 5.10 Å². The molecule has 6 heteroatoms. The van der Waals surface area contributed by atoms with Crippen molar-refractivity contribution < 1.29 is 9.53 Å². The number of nitrogen functional groups attached to an aromatic ring is 1. The maximum absolute atomic E-state index is 12.8. The van der Waals surface area contributed by atoms with Crippen molar-refractivity contribution in [2.45, 2.75) is 6.92 Å². The fourth-order valence-electron chi connectivity index (χ4n) is 2.53. The first-order valence-electron chi connectivity index (χ1n) is 7.60. The molecule has 0 fully saturated rings. The van der Waals surface area contributed by atoms with E-state index in [0.29, 0.717) is 17.0 Å². The lowest BCUT2D eigenvalue weighted by atomic mass is 10.0. The van der Waals surface area contributed by atoms with Gasteiger partial charge < -0.3 is 10.5 Å². The molecule has 6 nitrogen and oxygen atoms in total. The molecule has 3 rings (SSSR count). The van der Waals surface area contributed by atoms with Gasteiger partial charge in [-0.15, -0.1) is 0 Å². The summed E-state index contributed by atoms with van der Waals surface area (Å²) >= 11 is 0. The highest BCUT2D eigenvalue weighted by Crippen LogP contribution is 2.28. The highest BCUT2D eigenvalue weighted by molar-refractivity contribution is 6.10. The maximum atomic E-state index is 12.8. The molecule has 0 atom stereocenters. The number of rotatable bonds is 4. The normalized spacial score (nSPS) is 10.3. The van der Waals surface area contributed by atoms with Crippen LogP contribution in [0.1, 0.15) is 27.2 Å². The second-order valence-corrected chi connectivity index (χ2v) is 5.50. The van der Waals surface area contributed by atoms with Gasteiger partial charge in [0.1, 0.15) is 28.9 Å². The zero-order chi connectivity index (χ0) is 18.0. The summed E-state index contributed by atoms with van der Waals surface area (Å²) in [4.78, 5) is 12.8. The number of methoxy groups -OCH3 is 1. The summed E-state index contributed by atoms with van der Waals surface area (Å²) in [6, 6.07) is 16.2. The first kappa shape index (κ1) is 16.3. The van der Waals surface area contributed by atoms with Gasteiger partial charge in [0.15, 0.2) is 5.69 Å². The molecule has 0 aliphatic heterocycles. The van der Waals surface area contributed by atoms with E-state index < -0.39 is 0 Å². The smallest absolute Gasteiger partial charge is 0.214 e. The zero-order valence-corrected chi connectivity index (χ0v) is 13.9. The Morgan fingerprint density at radius 2 is 1.88 bits per heavy atom. The average molecular weight is 332 g/mol. The molecule has 1 aromatic heterocycles. The van der Waals surface area contributed by atoms with E-state index in [9.17, 15) is 10.1 Å². The number of hydrogen-bond donors (Lipinski definition) is 1. The Bertz CT molecular complexity index is 982. The van der Waals surface area contributed by atoms with Gasteiger partial charge in [-0.25, -0.2) is 4.68 Å². The van der Waals surface area contributed by atoms with Crippen LogP contribution in [0.3, 0.4) is 0 Å². The standard InChI is InChI=1S/C19H16N4O2/c1-12-7-9-13(10-8-12)18(24)17-14(11-20)19(21)23(22-17)15-5-3-4-6-16(15)25-2/h3-10H,21H2,1-2H3. The van der Waals surface area contributed by atoms with Crippen LogP contribution in [0.5, 0.6) is 5.75 Å². The number of ketones is 1. The molecule has 0 spiro atoms. The van der Waals surface area contributed by atoms with Crippen molar-refractivity contribution in [1.82, 2.24) is 9.78 Å². The number of anilines is 1. The number of hydrogen-bond acceptors (Lipinski definition) is 5. The number of nitrogens with zero attached hydrogens (tertiary/aromatic N) is 3. The Hall–Kier alpha value is -3.59. The molecule has 2 N–H and O–H groups in total. The average Bonchev–Trinajstić information content (AvgIpc) is 2.98. The van der Waals surface area contributed by atoms with Gasteiger partial charge in [-0.3, -0.25) is 4.79 Å². The Morgan fingerprint density at radius 1 is 1.20 bits per heavy atom. The number of ether oxygens (including phenoxy) is 1. The third-order valence-electron chi connectivity index (χ3n) is 3.88. The van der Waals surface area contributed by atoms with Gasteiger partial charge in [0.25, 0.3) is 0 Å². The molecule has 0 aliphatic rings. The number of aryl methyl sites for hydroxylation is 1. The van der Waals surface area contributed by atoms with Crippen LogP contribution in [0, 0.1) is 18.3 Å². The van der Waals surface area contributed by atoms with Crippen molar-refractivity contribution in [2.24, 2.45) is 0 Å². The summed E-state index contributed by atoms with van der Waals surface area (Å²) in [6.45, 7) is 1.93. The second-order valence-electron chi connectivity index (χ2n) is 5.50. The molecule has 2 aromatic carbocycles. The van der Waals surface area contributed by atoms with Crippen molar-refractivity contribution in [3.05, 3.63) is 70.9 Å². The summed E-state index contributed by atoms with van der Waals surface area (Å²) < 4.78 is 6.67. The molecule has 1 heterocycles. The molecule has 3 aromatic rings.